The molecule has 0 saturated heterocycles. The average Bonchev–Trinajstić information content (AvgIpc) is 3.34. The van der Waals surface area contributed by atoms with Crippen LogP contribution in [0.25, 0.3) is 4.85 Å². The predicted molar refractivity (Wildman–Crippen MR) is 148 cm³/mol. The molecule has 2 aromatic heterocycles. The van der Waals surface area contributed by atoms with Crippen LogP contribution in [0.4, 0.5) is 43.0 Å². The van der Waals surface area contributed by atoms with E-state index in [1.54, 1.807) is 49.6 Å². The van der Waals surface area contributed by atoms with Gasteiger partial charge in [-0.15, -0.1) is 4.98 Å². The van der Waals surface area contributed by atoms with E-state index in [9.17, 15) is 17.2 Å². The van der Waals surface area contributed by atoms with Crippen molar-refractivity contribution in [3.8, 4) is 0 Å². The van der Waals surface area contributed by atoms with Gasteiger partial charge in [0.1, 0.15) is 11.4 Å². The van der Waals surface area contributed by atoms with E-state index < -0.39 is 16.4 Å². The predicted octanol–water partition coefficient (Wildman–Crippen LogP) is 4.71. The monoisotopic (exact) mass is 555 g/mol. The van der Waals surface area contributed by atoms with Gasteiger partial charge in [-0.25, -0.2) is 22.2 Å². The van der Waals surface area contributed by atoms with Gasteiger partial charge in [-0.2, -0.15) is 0 Å². The number of para-hydroxylation sites is 2. The third-order valence-electron chi connectivity index (χ3n) is 6.01. The molecule has 0 fully saturated rings. The largest absolute Gasteiger partial charge is 0.390 e. The minimum Gasteiger partial charge on any atom is -0.390 e. The topological polar surface area (TPSA) is 113 Å². The number of pyridine rings is 2. The summed E-state index contributed by atoms with van der Waals surface area (Å²) < 4.78 is 57.6. The molecule has 0 aliphatic carbocycles. The summed E-state index contributed by atoms with van der Waals surface area (Å²) in [6, 6.07) is 12.0. The van der Waals surface area contributed by atoms with Crippen molar-refractivity contribution in [3.63, 3.8) is 0 Å². The van der Waals surface area contributed by atoms with Gasteiger partial charge in [0, 0.05) is 27.1 Å². The van der Waals surface area contributed by atoms with Gasteiger partial charge in [-0.3, -0.25) is 9.29 Å². The second-order valence-corrected chi connectivity index (χ2v) is 10.8. The Bertz CT molecular complexity index is 1560. The lowest BCUT2D eigenvalue weighted by molar-refractivity contribution is 0.211. The highest BCUT2D eigenvalue weighted by Gasteiger charge is 2.27. The fourth-order valence-electron chi connectivity index (χ4n) is 4.02. The van der Waals surface area contributed by atoms with E-state index in [-0.39, 0.29) is 30.1 Å². The maximum Gasteiger partial charge on any atom is 0.292 e. The minimum absolute atomic E-state index is 0.108. The number of alkyl halides is 2. The Morgan fingerprint density at radius 2 is 1.90 bits per heavy atom. The molecule has 13 heteroatoms. The van der Waals surface area contributed by atoms with Crippen LogP contribution in [0.15, 0.2) is 47.5 Å². The van der Waals surface area contributed by atoms with E-state index in [0.717, 1.165) is 10.6 Å². The van der Waals surface area contributed by atoms with Gasteiger partial charge in [0.05, 0.1) is 59.1 Å². The van der Waals surface area contributed by atoms with Crippen molar-refractivity contribution < 1.29 is 21.9 Å². The normalized spacial score (nSPS) is 12.6. The molecule has 0 radical (unpaired) electrons. The quantitative estimate of drug-likeness (QED) is 0.260. The molecule has 10 nitrogen and oxygen atoms in total. The van der Waals surface area contributed by atoms with E-state index in [1.807, 2.05) is 0 Å². The first-order valence-corrected chi connectivity index (χ1v) is 13.7. The first-order valence-electron chi connectivity index (χ1n) is 11.9. The van der Waals surface area contributed by atoms with E-state index in [0.29, 0.717) is 53.0 Å². The fourth-order valence-corrected chi connectivity index (χ4v) is 4.54. The Labute approximate surface area is 225 Å². The second kappa shape index (κ2) is 11.7. The number of anilines is 4. The van der Waals surface area contributed by atoms with Crippen LogP contribution in [0.3, 0.4) is 0 Å². The van der Waals surface area contributed by atoms with Crippen molar-refractivity contribution in [2.75, 3.05) is 48.5 Å². The zero-order valence-corrected chi connectivity index (χ0v) is 22.4. The summed E-state index contributed by atoms with van der Waals surface area (Å²) in [5, 5.41) is 6.29. The molecule has 1 aliphatic rings. The molecule has 204 valence electrons. The first-order chi connectivity index (χ1) is 18.6. The Morgan fingerprint density at radius 3 is 2.59 bits per heavy atom. The lowest BCUT2D eigenvalue weighted by atomic mass is 10.1. The molecule has 3 aromatic rings. The summed E-state index contributed by atoms with van der Waals surface area (Å²) in [6.07, 6.45) is -1.52. The standard InChI is InChI=1S/C26H27F2N7O3S/c1-29-26-19(30-11-12-38-3)10-9-16(32-26)13-17-14-20(24-21(31-17)15-22(34-24)25(27)28)33-18-7-5-6-8-23(18)35(2)39(4,36)37/h5-10,14,25,30H,11-13,15H2,2-4H3,(H,31,33). The van der Waals surface area contributed by atoms with Gasteiger partial charge in [0.2, 0.25) is 10.0 Å². The van der Waals surface area contributed by atoms with E-state index >= 15 is 0 Å². The zero-order chi connectivity index (χ0) is 28.2. The highest BCUT2D eigenvalue weighted by molar-refractivity contribution is 7.92. The summed E-state index contributed by atoms with van der Waals surface area (Å²) >= 11 is 0. The van der Waals surface area contributed by atoms with E-state index in [1.165, 1.54) is 7.05 Å². The fraction of sp³-hybridized carbons (Fsp3) is 0.308. The SMILES string of the molecule is [C-]#[N+]c1nc(Cc2cc(Nc3ccccc3N(C)S(C)(=O)=O)c3c(n2)CC(C(F)F)=N3)ccc1NCCOC. The van der Waals surface area contributed by atoms with Gasteiger partial charge in [-0.05, 0) is 30.3 Å². The number of aromatic nitrogens is 2. The molecule has 1 aliphatic heterocycles. The summed E-state index contributed by atoms with van der Waals surface area (Å²) in [6.45, 7) is 8.48. The van der Waals surface area contributed by atoms with Crippen LogP contribution < -0.4 is 14.9 Å². The van der Waals surface area contributed by atoms with Crippen molar-refractivity contribution in [1.29, 1.82) is 0 Å². The lowest BCUT2D eigenvalue weighted by Gasteiger charge is -2.21. The Balaban J connectivity index is 1.70. The smallest absolute Gasteiger partial charge is 0.292 e. The van der Waals surface area contributed by atoms with E-state index in [4.69, 9.17) is 11.3 Å². The number of halogens is 2. The number of hydrogen-bond acceptors (Lipinski definition) is 8. The number of benzene rings is 1. The lowest BCUT2D eigenvalue weighted by Crippen LogP contribution is -2.25. The van der Waals surface area contributed by atoms with Crippen molar-refractivity contribution in [3.05, 3.63) is 71.0 Å². The van der Waals surface area contributed by atoms with Crippen molar-refractivity contribution in [2.24, 2.45) is 4.99 Å². The molecule has 0 saturated carbocycles. The summed E-state index contributed by atoms with van der Waals surface area (Å²) in [5.74, 6) is 0.198. The van der Waals surface area contributed by atoms with Crippen LogP contribution in [0, 0.1) is 6.57 Å². The molecule has 3 heterocycles. The van der Waals surface area contributed by atoms with Crippen molar-refractivity contribution in [1.82, 2.24) is 9.97 Å². The molecule has 4 rings (SSSR count). The molecule has 39 heavy (non-hydrogen) atoms. The van der Waals surface area contributed by atoms with Crippen molar-refractivity contribution >= 4 is 50.0 Å². The van der Waals surface area contributed by atoms with Gasteiger partial charge in [0.25, 0.3) is 12.2 Å². The Hall–Kier alpha value is -4.15. The highest BCUT2D eigenvalue weighted by atomic mass is 32.2. The number of nitrogens with zero attached hydrogens (tertiary/aromatic N) is 5. The van der Waals surface area contributed by atoms with E-state index in [2.05, 4.69) is 30.4 Å². The highest BCUT2D eigenvalue weighted by Crippen LogP contribution is 2.39. The first kappa shape index (κ1) is 27.9. The minimum atomic E-state index is -3.56. The number of aliphatic imine (C=N–C) groups is 1. The molecule has 0 atom stereocenters. The van der Waals surface area contributed by atoms with Gasteiger partial charge >= 0.3 is 0 Å². The molecule has 0 spiro atoms. The summed E-state index contributed by atoms with van der Waals surface area (Å²) in [4.78, 5) is 16.6. The van der Waals surface area contributed by atoms with Crippen LogP contribution in [-0.4, -0.2) is 64.1 Å². The molecule has 0 unspecified atom stereocenters. The third-order valence-corrected chi connectivity index (χ3v) is 7.20. The number of fused-ring (bicyclic) bond motifs is 1. The third kappa shape index (κ3) is 6.47. The summed E-state index contributed by atoms with van der Waals surface area (Å²) in [5.41, 5.74) is 3.27. The maximum atomic E-state index is 13.5. The van der Waals surface area contributed by atoms with Crippen molar-refractivity contribution in [2.45, 2.75) is 19.3 Å². The van der Waals surface area contributed by atoms with Gasteiger partial charge in [-0.1, -0.05) is 18.7 Å². The number of ether oxygens (including phenoxy) is 1. The number of rotatable bonds is 11. The van der Waals surface area contributed by atoms with Gasteiger partial charge in [0.15, 0.2) is 0 Å². The summed E-state index contributed by atoms with van der Waals surface area (Å²) in [7, 11) is -0.542. The van der Waals surface area contributed by atoms with Crippen LogP contribution in [0.1, 0.15) is 17.1 Å². The molecular weight excluding hydrogens is 528 g/mol. The zero-order valence-electron chi connectivity index (χ0n) is 21.6. The molecular formula is C26H27F2N7O3S. The number of sulfonamides is 1. The maximum absolute atomic E-state index is 13.5. The average molecular weight is 556 g/mol. The Morgan fingerprint density at radius 1 is 1.13 bits per heavy atom. The van der Waals surface area contributed by atoms with Gasteiger partial charge < -0.3 is 20.2 Å². The Kier molecular flexibility index (Phi) is 8.37. The second-order valence-electron chi connectivity index (χ2n) is 8.79. The van der Waals surface area contributed by atoms with Crippen LogP contribution in [-0.2, 0) is 27.6 Å². The molecule has 0 amide bonds. The molecule has 1 aromatic carbocycles. The number of nitrogens with one attached hydrogen (secondary N) is 2. The molecule has 2 N–H and O–H groups in total. The van der Waals surface area contributed by atoms with Crippen LogP contribution in [0.2, 0.25) is 0 Å². The number of hydrogen-bond donors (Lipinski definition) is 2. The molecule has 0 bridgehead atoms. The number of methoxy groups -OCH3 is 1. The van der Waals surface area contributed by atoms with Crippen LogP contribution >= 0.6 is 0 Å². The van der Waals surface area contributed by atoms with Crippen LogP contribution in [0.5, 0.6) is 0 Å².